The Morgan fingerprint density at radius 2 is 1.58 bits per heavy atom. The Balaban J connectivity index is 1.59. The lowest BCUT2D eigenvalue weighted by Gasteiger charge is -2.37. The van der Waals surface area contributed by atoms with Gasteiger partial charge in [0.05, 0.1) is 11.8 Å². The lowest BCUT2D eigenvalue weighted by atomic mass is 9.92. The molecular formula is C19H23FN2O4. The summed E-state index contributed by atoms with van der Waals surface area (Å²) in [5.41, 5.74) is 0.418. The van der Waals surface area contributed by atoms with Crippen LogP contribution in [-0.4, -0.2) is 58.9 Å². The summed E-state index contributed by atoms with van der Waals surface area (Å²) in [6.45, 7) is 1.85. The molecule has 2 aliphatic rings. The second kappa shape index (κ2) is 7.85. The van der Waals surface area contributed by atoms with E-state index >= 15 is 0 Å². The third-order valence-electron chi connectivity index (χ3n) is 5.30. The molecule has 0 aliphatic carbocycles. The quantitative estimate of drug-likeness (QED) is 0.892. The molecular weight excluding hydrogens is 339 g/mol. The first-order valence-electron chi connectivity index (χ1n) is 9.02. The summed E-state index contributed by atoms with van der Waals surface area (Å²) in [4.78, 5) is 39.8. The van der Waals surface area contributed by atoms with Crippen molar-refractivity contribution in [3.05, 3.63) is 35.6 Å². The van der Waals surface area contributed by atoms with Gasteiger partial charge in [-0.15, -0.1) is 0 Å². The van der Waals surface area contributed by atoms with Crippen LogP contribution in [0.3, 0.4) is 0 Å². The molecule has 2 amide bonds. The van der Waals surface area contributed by atoms with E-state index in [0.29, 0.717) is 44.6 Å². The molecule has 26 heavy (non-hydrogen) atoms. The summed E-state index contributed by atoms with van der Waals surface area (Å²) >= 11 is 0. The van der Waals surface area contributed by atoms with Gasteiger partial charge in [-0.3, -0.25) is 14.4 Å². The first-order chi connectivity index (χ1) is 12.5. The van der Waals surface area contributed by atoms with Crippen LogP contribution in [0, 0.1) is 17.7 Å². The van der Waals surface area contributed by atoms with E-state index in [2.05, 4.69) is 0 Å². The lowest BCUT2D eigenvalue weighted by Crippen LogP contribution is -2.49. The molecule has 0 aromatic heterocycles. The molecule has 1 aromatic carbocycles. The molecule has 2 aliphatic heterocycles. The molecule has 0 saturated carbocycles. The Bertz CT molecular complexity index is 683. The Labute approximate surface area is 151 Å². The van der Waals surface area contributed by atoms with Crippen molar-refractivity contribution < 1.29 is 23.9 Å². The van der Waals surface area contributed by atoms with E-state index in [1.807, 2.05) is 0 Å². The van der Waals surface area contributed by atoms with E-state index in [1.54, 1.807) is 9.80 Å². The molecule has 6 nitrogen and oxygen atoms in total. The number of nitrogens with zero attached hydrogens (tertiary/aromatic N) is 2. The molecule has 1 aromatic rings. The van der Waals surface area contributed by atoms with Crippen molar-refractivity contribution in [2.24, 2.45) is 11.8 Å². The highest BCUT2D eigenvalue weighted by Gasteiger charge is 2.34. The number of carboxylic acids is 1. The second-order valence-electron chi connectivity index (χ2n) is 7.04. The predicted octanol–water partition coefficient (Wildman–Crippen LogP) is 2.00. The van der Waals surface area contributed by atoms with Crippen LogP contribution in [0.2, 0.25) is 0 Å². The van der Waals surface area contributed by atoms with Crippen molar-refractivity contribution in [1.29, 1.82) is 0 Å². The van der Waals surface area contributed by atoms with Crippen molar-refractivity contribution in [1.82, 2.24) is 9.80 Å². The highest BCUT2D eigenvalue weighted by molar-refractivity contribution is 5.94. The largest absolute Gasteiger partial charge is 0.481 e. The highest BCUT2D eigenvalue weighted by atomic mass is 19.1. The molecule has 3 rings (SSSR count). The summed E-state index contributed by atoms with van der Waals surface area (Å²) < 4.78 is 13.0. The maximum absolute atomic E-state index is 13.0. The summed E-state index contributed by atoms with van der Waals surface area (Å²) in [5, 5.41) is 9.06. The standard InChI is InChI=1S/C19H23FN2O4/c20-16-5-3-13(4-6-16)17(23)22-9-1-2-15(12-22)18(24)21-10-7-14(8-11-21)19(25)26/h3-6,14-15H,1-2,7-12H2,(H,25,26). The molecule has 2 heterocycles. The number of hydrogen-bond acceptors (Lipinski definition) is 3. The van der Waals surface area contributed by atoms with Crippen LogP contribution in [-0.2, 0) is 9.59 Å². The van der Waals surface area contributed by atoms with Crippen molar-refractivity contribution in [3.63, 3.8) is 0 Å². The number of rotatable bonds is 3. The Kier molecular flexibility index (Phi) is 5.54. The van der Waals surface area contributed by atoms with Gasteiger partial charge in [0.2, 0.25) is 5.91 Å². The second-order valence-corrected chi connectivity index (χ2v) is 7.04. The zero-order valence-corrected chi connectivity index (χ0v) is 14.6. The number of carbonyl (C=O) groups is 3. The number of amides is 2. The minimum Gasteiger partial charge on any atom is -0.481 e. The zero-order chi connectivity index (χ0) is 18.7. The Morgan fingerprint density at radius 1 is 0.923 bits per heavy atom. The average molecular weight is 362 g/mol. The number of piperidine rings is 2. The third kappa shape index (κ3) is 4.03. The first kappa shape index (κ1) is 18.4. The third-order valence-corrected chi connectivity index (χ3v) is 5.30. The monoisotopic (exact) mass is 362 g/mol. The molecule has 1 atom stereocenters. The van der Waals surface area contributed by atoms with E-state index in [4.69, 9.17) is 5.11 Å². The van der Waals surface area contributed by atoms with E-state index < -0.39 is 11.8 Å². The summed E-state index contributed by atoms with van der Waals surface area (Å²) in [7, 11) is 0. The van der Waals surface area contributed by atoms with Gasteiger partial charge in [0.15, 0.2) is 0 Å². The van der Waals surface area contributed by atoms with Crippen LogP contribution >= 0.6 is 0 Å². The van der Waals surface area contributed by atoms with Gasteiger partial charge in [0, 0.05) is 31.7 Å². The topological polar surface area (TPSA) is 77.9 Å². The Hall–Kier alpha value is -2.44. The fourth-order valence-corrected chi connectivity index (χ4v) is 3.74. The average Bonchev–Trinajstić information content (AvgIpc) is 2.67. The number of aliphatic carboxylic acids is 1. The van der Waals surface area contributed by atoms with Gasteiger partial charge in [-0.2, -0.15) is 0 Å². The van der Waals surface area contributed by atoms with Gasteiger partial charge in [-0.05, 0) is 49.9 Å². The van der Waals surface area contributed by atoms with Gasteiger partial charge >= 0.3 is 5.97 Å². The molecule has 2 fully saturated rings. The fourth-order valence-electron chi connectivity index (χ4n) is 3.74. The molecule has 1 unspecified atom stereocenters. The van der Waals surface area contributed by atoms with Crippen LogP contribution < -0.4 is 0 Å². The van der Waals surface area contributed by atoms with Gasteiger partial charge < -0.3 is 14.9 Å². The van der Waals surface area contributed by atoms with Crippen molar-refractivity contribution in [3.8, 4) is 0 Å². The minimum absolute atomic E-state index is 0.00504. The van der Waals surface area contributed by atoms with E-state index in [-0.39, 0.29) is 23.7 Å². The smallest absolute Gasteiger partial charge is 0.306 e. The van der Waals surface area contributed by atoms with Crippen LogP contribution in [0.1, 0.15) is 36.0 Å². The van der Waals surface area contributed by atoms with Crippen LogP contribution in [0.5, 0.6) is 0 Å². The van der Waals surface area contributed by atoms with E-state index in [0.717, 1.165) is 12.8 Å². The minimum atomic E-state index is -0.800. The molecule has 0 radical (unpaired) electrons. The molecule has 140 valence electrons. The molecule has 1 N–H and O–H groups in total. The SMILES string of the molecule is O=C(O)C1CCN(C(=O)C2CCCN(C(=O)c3ccc(F)cc3)C2)CC1. The van der Waals surface area contributed by atoms with Crippen LogP contribution in [0.25, 0.3) is 0 Å². The first-order valence-corrected chi connectivity index (χ1v) is 9.02. The number of carbonyl (C=O) groups excluding carboxylic acids is 2. The molecule has 7 heteroatoms. The molecule has 0 bridgehead atoms. The summed E-state index contributed by atoms with van der Waals surface area (Å²) in [6, 6.07) is 5.43. The van der Waals surface area contributed by atoms with Gasteiger partial charge in [0.25, 0.3) is 5.91 Å². The van der Waals surface area contributed by atoms with Crippen LogP contribution in [0.4, 0.5) is 4.39 Å². The molecule has 2 saturated heterocycles. The van der Waals surface area contributed by atoms with Gasteiger partial charge in [0.1, 0.15) is 5.82 Å². The zero-order valence-electron chi connectivity index (χ0n) is 14.6. The summed E-state index contributed by atoms with van der Waals surface area (Å²) in [5.74, 6) is -2.00. The maximum atomic E-state index is 13.0. The number of carboxylic acid groups (broad SMARTS) is 1. The van der Waals surface area contributed by atoms with Gasteiger partial charge in [-0.1, -0.05) is 0 Å². The molecule has 0 spiro atoms. The highest BCUT2D eigenvalue weighted by Crippen LogP contribution is 2.24. The number of likely N-dealkylation sites (tertiary alicyclic amines) is 2. The van der Waals surface area contributed by atoms with Crippen molar-refractivity contribution in [2.45, 2.75) is 25.7 Å². The van der Waals surface area contributed by atoms with Crippen molar-refractivity contribution >= 4 is 17.8 Å². The summed E-state index contributed by atoms with van der Waals surface area (Å²) in [6.07, 6.45) is 2.43. The Morgan fingerprint density at radius 3 is 2.19 bits per heavy atom. The predicted molar refractivity (Wildman–Crippen MR) is 92.0 cm³/mol. The number of hydrogen-bond donors (Lipinski definition) is 1. The van der Waals surface area contributed by atoms with Crippen LogP contribution in [0.15, 0.2) is 24.3 Å². The number of halogens is 1. The van der Waals surface area contributed by atoms with Gasteiger partial charge in [-0.25, -0.2) is 4.39 Å². The normalized spacial score (nSPS) is 21.5. The van der Waals surface area contributed by atoms with Crippen molar-refractivity contribution in [2.75, 3.05) is 26.2 Å². The van der Waals surface area contributed by atoms with E-state index in [1.165, 1.54) is 24.3 Å². The number of benzene rings is 1. The fraction of sp³-hybridized carbons (Fsp3) is 0.526. The lowest BCUT2D eigenvalue weighted by molar-refractivity contribution is -0.147. The maximum Gasteiger partial charge on any atom is 0.306 e. The van der Waals surface area contributed by atoms with E-state index in [9.17, 15) is 18.8 Å².